The topological polar surface area (TPSA) is 55.8 Å². The zero-order chi connectivity index (χ0) is 22.9. The largest absolute Gasteiger partial charge is 0.468 e. The van der Waals surface area contributed by atoms with Gasteiger partial charge in [0, 0.05) is 13.1 Å². The van der Waals surface area contributed by atoms with Gasteiger partial charge in [0.25, 0.3) is 0 Å². The van der Waals surface area contributed by atoms with Crippen LogP contribution in [-0.4, -0.2) is 45.4 Å². The molecule has 0 aromatic heterocycles. The summed E-state index contributed by atoms with van der Waals surface area (Å²) in [6.07, 6.45) is 1.85. The van der Waals surface area contributed by atoms with Crippen molar-refractivity contribution in [1.82, 2.24) is 4.90 Å². The van der Waals surface area contributed by atoms with Crippen LogP contribution in [0.15, 0.2) is 55.1 Å². The normalized spacial score (nSPS) is 12.7. The zero-order valence-electron chi connectivity index (χ0n) is 19.4. The first-order chi connectivity index (χ1) is 13.9. The number of methoxy groups -OCH3 is 1. The Hall–Kier alpha value is -2.18. The first-order valence-electron chi connectivity index (χ1n) is 10.2. The predicted molar refractivity (Wildman–Crippen MR) is 124 cm³/mol. The lowest BCUT2D eigenvalue weighted by atomic mass is 9.98. The molecule has 0 fully saturated rings. The van der Waals surface area contributed by atoms with Gasteiger partial charge in [0.15, 0.2) is 8.32 Å². The summed E-state index contributed by atoms with van der Waals surface area (Å²) in [5.74, 6) is -1.80. The van der Waals surface area contributed by atoms with Gasteiger partial charge in [-0.15, -0.1) is 6.58 Å². The molecular weight excluding hydrogens is 394 g/mol. The summed E-state index contributed by atoms with van der Waals surface area (Å²) in [6.45, 7) is 19.7. The summed E-state index contributed by atoms with van der Waals surface area (Å²) >= 11 is 0. The second-order valence-corrected chi connectivity index (χ2v) is 13.9. The molecule has 0 saturated heterocycles. The van der Waals surface area contributed by atoms with Crippen LogP contribution in [0.2, 0.25) is 18.1 Å². The molecule has 5 nitrogen and oxygen atoms in total. The van der Waals surface area contributed by atoms with Gasteiger partial charge in [-0.2, -0.15) is 0 Å². The molecule has 1 atom stereocenters. The van der Waals surface area contributed by atoms with Gasteiger partial charge < -0.3 is 14.1 Å². The van der Waals surface area contributed by atoms with Crippen LogP contribution in [0.1, 0.15) is 32.8 Å². The lowest BCUT2D eigenvalue weighted by molar-refractivity contribution is -0.153. The summed E-state index contributed by atoms with van der Waals surface area (Å²) in [5.41, 5.74) is 1.69. The second-order valence-electron chi connectivity index (χ2n) is 9.07. The summed E-state index contributed by atoms with van der Waals surface area (Å²) in [6, 6.07) is 9.66. The predicted octanol–water partition coefficient (Wildman–Crippen LogP) is 4.96. The van der Waals surface area contributed by atoms with Crippen LogP contribution in [0.5, 0.6) is 0 Å². The van der Waals surface area contributed by atoms with Gasteiger partial charge in [-0.1, -0.05) is 69.3 Å². The van der Waals surface area contributed by atoms with Crippen molar-refractivity contribution >= 4 is 20.2 Å². The van der Waals surface area contributed by atoms with Crippen LogP contribution in [0, 0.1) is 5.92 Å². The average molecular weight is 432 g/mol. The molecule has 1 rings (SSSR count). The lowest BCUT2D eigenvalue weighted by Gasteiger charge is -2.36. The van der Waals surface area contributed by atoms with Crippen LogP contribution in [0.3, 0.4) is 0 Å². The highest BCUT2D eigenvalue weighted by molar-refractivity contribution is 6.74. The number of amides is 1. The Morgan fingerprint density at radius 3 is 2.30 bits per heavy atom. The van der Waals surface area contributed by atoms with Crippen molar-refractivity contribution in [2.24, 2.45) is 5.92 Å². The molecule has 0 aliphatic carbocycles. The van der Waals surface area contributed by atoms with E-state index in [0.29, 0.717) is 25.3 Å². The fraction of sp³-hybridized carbons (Fsp3) is 0.500. The number of benzene rings is 1. The minimum atomic E-state index is -1.95. The Balaban J connectivity index is 2.92. The molecule has 1 amide bonds. The number of carbonyl (C=O) groups is 2. The fourth-order valence-corrected chi connectivity index (χ4v) is 3.67. The van der Waals surface area contributed by atoms with E-state index in [4.69, 9.17) is 9.16 Å². The van der Waals surface area contributed by atoms with Crippen molar-refractivity contribution in [3.05, 3.63) is 60.7 Å². The molecule has 166 valence electrons. The number of hydrogen-bond acceptors (Lipinski definition) is 4. The van der Waals surface area contributed by atoms with E-state index in [2.05, 4.69) is 47.0 Å². The maximum absolute atomic E-state index is 13.2. The van der Waals surface area contributed by atoms with Crippen molar-refractivity contribution in [3.63, 3.8) is 0 Å². The quantitative estimate of drug-likeness (QED) is 0.215. The highest BCUT2D eigenvalue weighted by atomic mass is 28.4. The number of carbonyl (C=O) groups excluding carboxylic acids is 2. The number of ether oxygens (including phenoxy) is 1. The molecule has 0 aliphatic heterocycles. The Morgan fingerprint density at radius 1 is 1.20 bits per heavy atom. The van der Waals surface area contributed by atoms with Crippen LogP contribution >= 0.6 is 0 Å². The van der Waals surface area contributed by atoms with Gasteiger partial charge in [-0.05, 0) is 30.1 Å². The minimum absolute atomic E-state index is 0.0707. The van der Waals surface area contributed by atoms with Gasteiger partial charge in [0.1, 0.15) is 5.92 Å². The van der Waals surface area contributed by atoms with Gasteiger partial charge >= 0.3 is 5.97 Å². The Morgan fingerprint density at radius 2 is 1.80 bits per heavy atom. The smallest absolute Gasteiger partial charge is 0.318 e. The molecule has 0 spiro atoms. The molecule has 0 heterocycles. The third kappa shape index (κ3) is 7.57. The van der Waals surface area contributed by atoms with Crippen molar-refractivity contribution < 1.29 is 18.8 Å². The monoisotopic (exact) mass is 431 g/mol. The molecule has 6 heteroatoms. The molecule has 0 aliphatic rings. The fourth-order valence-electron chi connectivity index (χ4n) is 2.67. The highest BCUT2D eigenvalue weighted by Gasteiger charge is 2.38. The Bertz CT molecular complexity index is 737. The van der Waals surface area contributed by atoms with Gasteiger partial charge in [0.05, 0.1) is 13.7 Å². The van der Waals surface area contributed by atoms with Crippen molar-refractivity contribution in [2.75, 3.05) is 20.3 Å². The van der Waals surface area contributed by atoms with E-state index < -0.39 is 20.2 Å². The van der Waals surface area contributed by atoms with Gasteiger partial charge in [-0.25, -0.2) is 0 Å². The molecule has 0 N–H and O–H groups in total. The standard InChI is InChI=1S/C24H37NO4Si/c1-9-15-25(17-20-13-11-10-12-14-20)22(26)21(23(27)28-6)16-19(2)18-29-30(7,8)24(3,4)5/h9-14,21H,1-2,15-18H2,3-8H3. The van der Waals surface area contributed by atoms with E-state index in [1.807, 2.05) is 30.3 Å². The summed E-state index contributed by atoms with van der Waals surface area (Å²) in [7, 11) is -0.654. The van der Waals surface area contributed by atoms with E-state index in [-0.39, 0.29) is 17.4 Å². The minimum Gasteiger partial charge on any atom is -0.468 e. The van der Waals surface area contributed by atoms with Crippen molar-refractivity contribution in [2.45, 2.75) is 51.9 Å². The molecule has 1 aromatic carbocycles. The molecule has 30 heavy (non-hydrogen) atoms. The highest BCUT2D eigenvalue weighted by Crippen LogP contribution is 2.37. The average Bonchev–Trinajstić information content (AvgIpc) is 2.69. The lowest BCUT2D eigenvalue weighted by Crippen LogP contribution is -2.42. The van der Waals surface area contributed by atoms with Crippen LogP contribution < -0.4 is 0 Å². The van der Waals surface area contributed by atoms with Gasteiger partial charge in [-0.3, -0.25) is 9.59 Å². The molecule has 1 aromatic rings. The second kappa shape index (κ2) is 11.3. The molecule has 0 bridgehead atoms. The van der Waals surface area contributed by atoms with E-state index in [0.717, 1.165) is 5.56 Å². The number of esters is 1. The summed E-state index contributed by atoms with van der Waals surface area (Å²) in [4.78, 5) is 27.3. The van der Waals surface area contributed by atoms with Crippen molar-refractivity contribution in [3.8, 4) is 0 Å². The van der Waals surface area contributed by atoms with E-state index in [1.165, 1.54) is 7.11 Å². The third-order valence-corrected chi connectivity index (χ3v) is 10.1. The zero-order valence-corrected chi connectivity index (χ0v) is 20.4. The Labute approximate surface area is 182 Å². The molecule has 0 saturated carbocycles. The Kier molecular flexibility index (Phi) is 9.72. The molecule has 0 radical (unpaired) electrons. The van der Waals surface area contributed by atoms with Crippen LogP contribution in [0.25, 0.3) is 0 Å². The van der Waals surface area contributed by atoms with Crippen molar-refractivity contribution in [1.29, 1.82) is 0 Å². The first-order valence-corrected chi connectivity index (χ1v) is 13.2. The van der Waals surface area contributed by atoms with E-state index in [1.54, 1.807) is 11.0 Å². The number of hydrogen-bond donors (Lipinski definition) is 0. The van der Waals surface area contributed by atoms with E-state index in [9.17, 15) is 9.59 Å². The summed E-state index contributed by atoms with van der Waals surface area (Å²) < 4.78 is 11.1. The third-order valence-electron chi connectivity index (χ3n) is 5.60. The van der Waals surface area contributed by atoms with Gasteiger partial charge in [0.2, 0.25) is 5.91 Å². The molecule has 1 unspecified atom stereocenters. The van der Waals surface area contributed by atoms with Crippen LogP contribution in [0.4, 0.5) is 0 Å². The number of rotatable bonds is 11. The maximum Gasteiger partial charge on any atom is 0.318 e. The number of nitrogens with zero attached hydrogens (tertiary/aromatic N) is 1. The molecular formula is C24H37NO4Si. The van der Waals surface area contributed by atoms with Crippen LogP contribution in [-0.2, 0) is 25.3 Å². The van der Waals surface area contributed by atoms with E-state index >= 15 is 0 Å². The SMILES string of the molecule is C=CCN(Cc1ccccc1)C(=O)C(CC(=C)CO[Si](C)(C)C(C)(C)C)C(=O)OC. The maximum atomic E-state index is 13.2. The first kappa shape index (κ1) is 25.9. The summed E-state index contributed by atoms with van der Waals surface area (Å²) in [5, 5.41) is 0.0707.